The van der Waals surface area contributed by atoms with E-state index in [1.165, 1.54) is 12.4 Å². The van der Waals surface area contributed by atoms with Gasteiger partial charge in [0.25, 0.3) is 5.91 Å². The standard InChI is InChI=1S/C30H38BF5N4O4/c1-14(2)10-21(31-43-20-11-15(3)29(5,6)16(4)30(20,7)44-31)40-27(41)18(39-28(42)19-13-37-8-9-38-19)12-17-22(32)24(34)26(36)25(35)23(17)33/h8-9,13-16,18,20-21H,10-12H2,1-7H3,(H,39,42)(H,40,41)/t15-,16-,18-,20?,21-,30-/m0/s1. The lowest BCUT2D eigenvalue weighted by molar-refractivity contribution is -0.123. The lowest BCUT2D eigenvalue weighted by atomic mass is 9.57. The molecule has 2 N–H and O–H groups in total. The number of aromatic nitrogens is 2. The summed E-state index contributed by atoms with van der Waals surface area (Å²) in [5.41, 5.74) is -2.22. The van der Waals surface area contributed by atoms with Crippen LogP contribution in [0.1, 0.15) is 77.4 Å². The molecule has 1 unspecified atom stereocenters. The highest BCUT2D eigenvalue weighted by molar-refractivity contribution is 6.47. The smallest absolute Gasteiger partial charge is 0.404 e. The summed E-state index contributed by atoms with van der Waals surface area (Å²) in [6, 6.07) is -1.77. The Balaban J connectivity index is 1.65. The third-order valence-electron chi connectivity index (χ3n) is 9.63. The minimum absolute atomic E-state index is 0.0264. The zero-order valence-corrected chi connectivity index (χ0v) is 25.8. The molecule has 14 heteroatoms. The summed E-state index contributed by atoms with van der Waals surface area (Å²) in [5.74, 6) is -13.1. The van der Waals surface area contributed by atoms with Crippen molar-refractivity contribution in [2.45, 2.75) is 91.4 Å². The van der Waals surface area contributed by atoms with Gasteiger partial charge in [0.1, 0.15) is 11.7 Å². The Kier molecular flexibility index (Phi) is 9.75. The summed E-state index contributed by atoms with van der Waals surface area (Å²) in [5, 5.41) is 5.09. The topological polar surface area (TPSA) is 102 Å². The van der Waals surface area contributed by atoms with Crippen molar-refractivity contribution in [1.82, 2.24) is 20.6 Å². The van der Waals surface area contributed by atoms with E-state index in [0.717, 1.165) is 12.6 Å². The second kappa shape index (κ2) is 12.7. The number of rotatable bonds is 9. The second-order valence-electron chi connectivity index (χ2n) is 13.1. The average molecular weight is 624 g/mol. The van der Waals surface area contributed by atoms with Crippen molar-refractivity contribution in [3.05, 3.63) is 58.9 Å². The van der Waals surface area contributed by atoms with Gasteiger partial charge in [0.15, 0.2) is 23.3 Å². The summed E-state index contributed by atoms with van der Waals surface area (Å²) >= 11 is 0. The van der Waals surface area contributed by atoms with Crippen LogP contribution in [0.4, 0.5) is 22.0 Å². The van der Waals surface area contributed by atoms with Crippen molar-refractivity contribution < 1.29 is 40.8 Å². The summed E-state index contributed by atoms with van der Waals surface area (Å²) in [4.78, 5) is 34.3. The zero-order chi connectivity index (χ0) is 32.7. The Morgan fingerprint density at radius 2 is 1.61 bits per heavy atom. The molecule has 240 valence electrons. The number of hydrogen-bond donors (Lipinski definition) is 2. The lowest BCUT2D eigenvalue weighted by Crippen LogP contribution is -2.57. The molecule has 0 radical (unpaired) electrons. The quantitative estimate of drug-likeness (QED) is 0.177. The predicted molar refractivity (Wildman–Crippen MR) is 151 cm³/mol. The number of carbonyl (C=O) groups is 2. The van der Waals surface area contributed by atoms with Crippen LogP contribution in [0.15, 0.2) is 18.6 Å². The SMILES string of the molecule is CC(C)C[C@H](NC(=O)[C@H](Cc1c(F)c(F)c(F)c(F)c1F)NC(=O)c1cnccn1)B1OC2C[C@H](C)C(C)(C)[C@H](C)[C@]2(C)O1. The molecule has 2 fully saturated rings. The first kappa shape index (κ1) is 33.8. The molecule has 8 nitrogen and oxygen atoms in total. The van der Waals surface area contributed by atoms with E-state index in [1.54, 1.807) is 0 Å². The van der Waals surface area contributed by atoms with E-state index < -0.39 is 77.6 Å². The van der Waals surface area contributed by atoms with E-state index in [-0.39, 0.29) is 29.0 Å². The third kappa shape index (κ3) is 6.33. The highest BCUT2D eigenvalue weighted by atomic mass is 19.2. The summed E-state index contributed by atoms with van der Waals surface area (Å²) in [6.45, 7) is 14.4. The van der Waals surface area contributed by atoms with Crippen molar-refractivity contribution in [1.29, 1.82) is 0 Å². The Labute approximate surface area is 254 Å². The molecule has 1 aromatic heterocycles. The van der Waals surface area contributed by atoms with Gasteiger partial charge in [-0.15, -0.1) is 0 Å². The molecule has 44 heavy (non-hydrogen) atoms. The molecule has 1 aromatic carbocycles. The van der Waals surface area contributed by atoms with Crippen LogP contribution in [0.2, 0.25) is 0 Å². The minimum atomic E-state index is -2.33. The number of carbonyl (C=O) groups excluding carboxylic acids is 2. The number of hydrogen-bond acceptors (Lipinski definition) is 6. The fourth-order valence-corrected chi connectivity index (χ4v) is 6.21. The second-order valence-corrected chi connectivity index (χ2v) is 13.1. The molecule has 0 spiro atoms. The number of benzene rings is 1. The van der Waals surface area contributed by atoms with Crippen LogP contribution in [0.5, 0.6) is 0 Å². The molecule has 4 rings (SSSR count). The van der Waals surface area contributed by atoms with E-state index in [1.807, 2.05) is 20.8 Å². The maximum absolute atomic E-state index is 14.7. The molecular formula is C30H38BF5N4O4. The van der Waals surface area contributed by atoms with E-state index in [2.05, 4.69) is 48.3 Å². The van der Waals surface area contributed by atoms with Crippen molar-refractivity contribution in [3.8, 4) is 0 Å². The normalized spacial score (nSPS) is 25.8. The van der Waals surface area contributed by atoms with Gasteiger partial charge in [-0.2, -0.15) is 0 Å². The van der Waals surface area contributed by atoms with Crippen LogP contribution in [0, 0.1) is 52.3 Å². The number of amides is 2. The van der Waals surface area contributed by atoms with Gasteiger partial charge in [-0.1, -0.05) is 41.5 Å². The molecule has 1 aliphatic carbocycles. The first-order chi connectivity index (χ1) is 20.5. The third-order valence-corrected chi connectivity index (χ3v) is 9.63. The number of fused-ring (bicyclic) bond motifs is 1. The van der Waals surface area contributed by atoms with Crippen molar-refractivity contribution in [2.75, 3.05) is 0 Å². The molecular weight excluding hydrogens is 586 g/mol. The fraction of sp³-hybridized carbons (Fsp3) is 0.600. The van der Waals surface area contributed by atoms with Crippen LogP contribution in [-0.2, 0) is 20.5 Å². The fourth-order valence-electron chi connectivity index (χ4n) is 6.21. The lowest BCUT2D eigenvalue weighted by Gasteiger charge is -2.53. The molecule has 2 aliphatic rings. The predicted octanol–water partition coefficient (Wildman–Crippen LogP) is 4.95. The Hall–Kier alpha value is -3.13. The zero-order valence-electron chi connectivity index (χ0n) is 25.8. The van der Waals surface area contributed by atoms with Gasteiger partial charge in [-0.3, -0.25) is 14.6 Å². The van der Waals surface area contributed by atoms with Crippen LogP contribution < -0.4 is 10.6 Å². The van der Waals surface area contributed by atoms with Gasteiger partial charge in [-0.25, -0.2) is 26.9 Å². The first-order valence-electron chi connectivity index (χ1n) is 14.7. The molecule has 2 amide bonds. The average Bonchev–Trinajstić information content (AvgIpc) is 3.32. The van der Waals surface area contributed by atoms with E-state index in [0.29, 0.717) is 12.3 Å². The molecule has 0 bridgehead atoms. The molecule has 1 saturated carbocycles. The van der Waals surface area contributed by atoms with E-state index >= 15 is 0 Å². The Morgan fingerprint density at radius 3 is 2.18 bits per heavy atom. The van der Waals surface area contributed by atoms with Crippen LogP contribution >= 0.6 is 0 Å². The first-order valence-corrected chi connectivity index (χ1v) is 14.7. The van der Waals surface area contributed by atoms with Crippen LogP contribution in [0.25, 0.3) is 0 Å². The minimum Gasteiger partial charge on any atom is -0.404 e. The summed E-state index contributed by atoms with van der Waals surface area (Å²) < 4.78 is 84.1. The highest BCUT2D eigenvalue weighted by Crippen LogP contribution is 2.54. The van der Waals surface area contributed by atoms with Crippen LogP contribution in [0.3, 0.4) is 0 Å². The Morgan fingerprint density at radius 1 is 1.00 bits per heavy atom. The summed E-state index contributed by atoms with van der Waals surface area (Å²) in [7, 11) is -0.898. The van der Waals surface area contributed by atoms with Crippen molar-refractivity contribution in [2.24, 2.45) is 23.2 Å². The number of nitrogens with one attached hydrogen (secondary N) is 2. The molecule has 6 atom stereocenters. The monoisotopic (exact) mass is 624 g/mol. The van der Waals surface area contributed by atoms with Gasteiger partial charge < -0.3 is 19.9 Å². The summed E-state index contributed by atoms with van der Waals surface area (Å²) in [6.07, 6.45) is 3.38. The maximum Gasteiger partial charge on any atom is 0.481 e. The largest absolute Gasteiger partial charge is 0.481 e. The van der Waals surface area contributed by atoms with E-state index in [9.17, 15) is 31.5 Å². The maximum atomic E-state index is 14.7. The molecule has 1 aliphatic heterocycles. The van der Waals surface area contributed by atoms with Crippen molar-refractivity contribution in [3.63, 3.8) is 0 Å². The number of halogens is 5. The van der Waals surface area contributed by atoms with Crippen LogP contribution in [-0.4, -0.2) is 52.6 Å². The highest BCUT2D eigenvalue weighted by Gasteiger charge is 2.61. The molecule has 2 aromatic rings. The number of nitrogens with zero attached hydrogens (tertiary/aromatic N) is 2. The van der Waals surface area contributed by atoms with E-state index in [4.69, 9.17) is 9.31 Å². The van der Waals surface area contributed by atoms with Gasteiger partial charge >= 0.3 is 7.12 Å². The Bertz CT molecular complexity index is 1370. The molecule has 1 saturated heterocycles. The van der Waals surface area contributed by atoms with Gasteiger partial charge in [-0.05, 0) is 42.9 Å². The van der Waals surface area contributed by atoms with Crippen molar-refractivity contribution >= 4 is 18.9 Å². The van der Waals surface area contributed by atoms with Gasteiger partial charge in [0.05, 0.1) is 23.8 Å². The van der Waals surface area contributed by atoms with Gasteiger partial charge in [0, 0.05) is 24.4 Å². The van der Waals surface area contributed by atoms with Gasteiger partial charge in [0.2, 0.25) is 11.7 Å². The molecule has 2 heterocycles.